The number of esters is 1. The second-order valence-electron chi connectivity index (χ2n) is 3.39. The maximum Gasteiger partial charge on any atom is 0.488 e. The van der Waals surface area contributed by atoms with E-state index in [1.54, 1.807) is 26.0 Å². The molecular weight excluding hydrogens is 195 g/mol. The smallest absolute Gasteiger partial charge is 0.465 e. The number of benzene rings is 1. The summed E-state index contributed by atoms with van der Waals surface area (Å²) in [5.74, 6) is -0.413. The van der Waals surface area contributed by atoms with Crippen LogP contribution in [-0.2, 0) is 4.74 Å². The van der Waals surface area contributed by atoms with E-state index in [0.717, 1.165) is 0 Å². The first-order chi connectivity index (χ1) is 6.97. The minimum absolute atomic E-state index is 0.373. The molecule has 4 nitrogen and oxygen atoms in total. The highest BCUT2D eigenvalue weighted by Gasteiger charge is 2.18. The Morgan fingerprint density at radius 3 is 2.07 bits per heavy atom. The number of hydrogen-bond donors (Lipinski definition) is 2. The van der Waals surface area contributed by atoms with Crippen LogP contribution >= 0.6 is 0 Å². The van der Waals surface area contributed by atoms with E-state index in [-0.39, 0.29) is 0 Å². The van der Waals surface area contributed by atoms with Gasteiger partial charge in [0.15, 0.2) is 0 Å². The van der Waals surface area contributed by atoms with Crippen molar-refractivity contribution in [3.8, 4) is 0 Å². The van der Waals surface area contributed by atoms with Gasteiger partial charge in [0.25, 0.3) is 0 Å². The number of hydrogen-bond acceptors (Lipinski definition) is 4. The summed E-state index contributed by atoms with van der Waals surface area (Å²) < 4.78 is 4.63. The fourth-order valence-corrected chi connectivity index (χ4v) is 1.57. The Labute approximate surface area is 88.6 Å². The van der Waals surface area contributed by atoms with E-state index in [0.29, 0.717) is 22.2 Å². The van der Waals surface area contributed by atoms with E-state index in [4.69, 9.17) is 10.0 Å². The summed E-state index contributed by atoms with van der Waals surface area (Å²) in [5.41, 5.74) is 2.19. The summed E-state index contributed by atoms with van der Waals surface area (Å²) in [6.07, 6.45) is 0. The Kier molecular flexibility index (Phi) is 3.50. The molecule has 0 aliphatic rings. The molecule has 0 heterocycles. The first-order valence-corrected chi connectivity index (χ1v) is 4.53. The fraction of sp³-hybridized carbons (Fsp3) is 0.300. The van der Waals surface area contributed by atoms with Gasteiger partial charge in [-0.2, -0.15) is 0 Å². The summed E-state index contributed by atoms with van der Waals surface area (Å²) in [5, 5.41) is 18.0. The van der Waals surface area contributed by atoms with Crippen LogP contribution < -0.4 is 5.46 Å². The van der Waals surface area contributed by atoms with Gasteiger partial charge in [-0.05, 0) is 30.4 Å². The zero-order valence-corrected chi connectivity index (χ0v) is 8.94. The Hall–Kier alpha value is -1.33. The molecule has 0 atom stereocenters. The molecule has 80 valence electrons. The van der Waals surface area contributed by atoms with E-state index in [2.05, 4.69) is 4.74 Å². The lowest BCUT2D eigenvalue weighted by atomic mass is 9.78. The third-order valence-corrected chi connectivity index (χ3v) is 2.24. The van der Waals surface area contributed by atoms with Crippen molar-refractivity contribution in [2.45, 2.75) is 13.8 Å². The summed E-state index contributed by atoms with van der Waals surface area (Å²) in [6.45, 7) is 3.45. The number of aryl methyl sites for hydroxylation is 2. The molecule has 0 aliphatic carbocycles. The van der Waals surface area contributed by atoms with Gasteiger partial charge in [-0.3, -0.25) is 0 Å². The monoisotopic (exact) mass is 208 g/mol. The van der Waals surface area contributed by atoms with Gasteiger partial charge in [0, 0.05) is 0 Å². The van der Waals surface area contributed by atoms with Gasteiger partial charge in [0.2, 0.25) is 0 Å². The third-order valence-electron chi connectivity index (χ3n) is 2.24. The molecule has 2 N–H and O–H groups in total. The maximum atomic E-state index is 11.4. The van der Waals surface area contributed by atoms with Crippen molar-refractivity contribution < 1.29 is 19.6 Å². The molecule has 1 aromatic rings. The SMILES string of the molecule is COC(=O)c1c(C)cc(B(O)O)cc1C. The molecule has 0 saturated carbocycles. The van der Waals surface area contributed by atoms with Crippen molar-refractivity contribution in [1.29, 1.82) is 0 Å². The van der Waals surface area contributed by atoms with Crippen LogP contribution in [0.1, 0.15) is 21.5 Å². The Morgan fingerprint density at radius 2 is 1.73 bits per heavy atom. The highest BCUT2D eigenvalue weighted by molar-refractivity contribution is 6.58. The average molecular weight is 208 g/mol. The Bertz CT molecular complexity index is 364. The summed E-state index contributed by atoms with van der Waals surface area (Å²) in [7, 11) is -0.204. The molecule has 5 heteroatoms. The Balaban J connectivity index is 3.27. The molecule has 0 aromatic heterocycles. The highest BCUT2D eigenvalue weighted by Crippen LogP contribution is 2.13. The minimum Gasteiger partial charge on any atom is -0.465 e. The molecule has 0 amide bonds. The summed E-state index contributed by atoms with van der Waals surface area (Å²) in [6, 6.07) is 3.12. The molecule has 0 radical (unpaired) electrons. The lowest BCUT2D eigenvalue weighted by Crippen LogP contribution is -2.31. The minimum atomic E-state index is -1.52. The highest BCUT2D eigenvalue weighted by atomic mass is 16.5. The van der Waals surface area contributed by atoms with E-state index in [1.807, 2.05) is 0 Å². The standard InChI is InChI=1S/C10H13BO4/c1-6-4-8(11(13)14)5-7(2)9(6)10(12)15-3/h4-5,13-14H,1-3H3. The lowest BCUT2D eigenvalue weighted by molar-refractivity contribution is 0.0599. The van der Waals surface area contributed by atoms with Crippen molar-refractivity contribution in [2.75, 3.05) is 7.11 Å². The van der Waals surface area contributed by atoms with E-state index < -0.39 is 13.1 Å². The van der Waals surface area contributed by atoms with Gasteiger partial charge in [0.05, 0.1) is 12.7 Å². The van der Waals surface area contributed by atoms with Crippen LogP contribution in [0.15, 0.2) is 12.1 Å². The van der Waals surface area contributed by atoms with E-state index >= 15 is 0 Å². The molecular formula is C10H13BO4. The number of carbonyl (C=O) groups excluding carboxylic acids is 1. The zero-order valence-electron chi connectivity index (χ0n) is 8.94. The number of carbonyl (C=O) groups is 1. The summed E-state index contributed by atoms with van der Waals surface area (Å²) in [4.78, 5) is 11.4. The van der Waals surface area contributed by atoms with Crippen molar-refractivity contribution in [3.05, 3.63) is 28.8 Å². The van der Waals surface area contributed by atoms with Gasteiger partial charge in [-0.25, -0.2) is 4.79 Å². The van der Waals surface area contributed by atoms with Crippen LogP contribution in [-0.4, -0.2) is 30.2 Å². The van der Waals surface area contributed by atoms with Crippen LogP contribution in [0.5, 0.6) is 0 Å². The van der Waals surface area contributed by atoms with Crippen LogP contribution in [0, 0.1) is 13.8 Å². The molecule has 1 rings (SSSR count). The Morgan fingerprint density at radius 1 is 1.27 bits per heavy atom. The van der Waals surface area contributed by atoms with E-state index in [9.17, 15) is 4.79 Å². The number of methoxy groups -OCH3 is 1. The van der Waals surface area contributed by atoms with Crippen LogP contribution in [0.4, 0.5) is 0 Å². The molecule has 1 aromatic carbocycles. The maximum absolute atomic E-state index is 11.4. The number of ether oxygens (including phenoxy) is 1. The first-order valence-electron chi connectivity index (χ1n) is 4.53. The van der Waals surface area contributed by atoms with Gasteiger partial charge in [0.1, 0.15) is 0 Å². The van der Waals surface area contributed by atoms with Gasteiger partial charge < -0.3 is 14.8 Å². The van der Waals surface area contributed by atoms with Crippen molar-refractivity contribution in [2.24, 2.45) is 0 Å². The predicted octanol–water partition coefficient (Wildman–Crippen LogP) is -0.230. The van der Waals surface area contributed by atoms with Gasteiger partial charge in [-0.15, -0.1) is 0 Å². The fourth-order valence-electron chi connectivity index (χ4n) is 1.57. The third kappa shape index (κ3) is 2.37. The van der Waals surface area contributed by atoms with Crippen molar-refractivity contribution >= 4 is 18.6 Å². The molecule has 0 bridgehead atoms. The van der Waals surface area contributed by atoms with Crippen molar-refractivity contribution in [1.82, 2.24) is 0 Å². The summed E-state index contributed by atoms with van der Waals surface area (Å²) >= 11 is 0. The first kappa shape index (κ1) is 11.7. The quantitative estimate of drug-likeness (QED) is 0.520. The van der Waals surface area contributed by atoms with Crippen molar-refractivity contribution in [3.63, 3.8) is 0 Å². The second kappa shape index (κ2) is 4.46. The topological polar surface area (TPSA) is 66.8 Å². The predicted molar refractivity (Wildman–Crippen MR) is 57.1 cm³/mol. The molecule has 0 fully saturated rings. The van der Waals surface area contributed by atoms with Crippen LogP contribution in [0.2, 0.25) is 0 Å². The van der Waals surface area contributed by atoms with E-state index in [1.165, 1.54) is 7.11 Å². The van der Waals surface area contributed by atoms with Gasteiger partial charge in [-0.1, -0.05) is 12.1 Å². The average Bonchev–Trinajstić information content (AvgIpc) is 2.16. The zero-order chi connectivity index (χ0) is 11.6. The van der Waals surface area contributed by atoms with Crippen LogP contribution in [0.3, 0.4) is 0 Å². The van der Waals surface area contributed by atoms with Gasteiger partial charge >= 0.3 is 13.1 Å². The largest absolute Gasteiger partial charge is 0.488 e. The normalized spacial score (nSPS) is 9.93. The molecule has 0 spiro atoms. The molecule has 0 saturated heterocycles. The number of rotatable bonds is 2. The van der Waals surface area contributed by atoms with Crippen LogP contribution in [0.25, 0.3) is 0 Å². The molecule has 15 heavy (non-hydrogen) atoms. The lowest BCUT2D eigenvalue weighted by Gasteiger charge is -2.10. The molecule has 0 aliphatic heterocycles. The second-order valence-corrected chi connectivity index (χ2v) is 3.39. The molecule has 0 unspecified atom stereocenters.